The van der Waals surface area contributed by atoms with Crippen LogP contribution in [0.3, 0.4) is 0 Å². The number of hydrogen-bond donors (Lipinski definition) is 2. The summed E-state index contributed by atoms with van der Waals surface area (Å²) >= 11 is 1.23. The van der Waals surface area contributed by atoms with Gasteiger partial charge in [-0.05, 0) is 17.9 Å². The molecule has 0 aliphatic carbocycles. The van der Waals surface area contributed by atoms with Crippen molar-refractivity contribution in [3.05, 3.63) is 42.5 Å². The Morgan fingerprint density at radius 3 is 2.46 bits per heavy atom. The van der Waals surface area contributed by atoms with E-state index in [1.807, 2.05) is 16.7 Å². The molecule has 8 heteroatoms. The van der Waals surface area contributed by atoms with Gasteiger partial charge in [0.2, 0.25) is 5.91 Å². The third kappa shape index (κ3) is 5.69. The lowest BCUT2D eigenvalue weighted by Crippen LogP contribution is -2.40. The second kappa shape index (κ2) is 9.54. The van der Waals surface area contributed by atoms with Crippen molar-refractivity contribution in [2.45, 2.75) is 44.8 Å². The highest BCUT2D eigenvalue weighted by molar-refractivity contribution is 7.99. The van der Waals surface area contributed by atoms with Crippen LogP contribution in [0.25, 0.3) is 11.4 Å². The van der Waals surface area contributed by atoms with Gasteiger partial charge < -0.3 is 5.32 Å². The third-order valence-electron chi connectivity index (χ3n) is 3.96. The van der Waals surface area contributed by atoms with Gasteiger partial charge in [0.05, 0.1) is 5.75 Å². The minimum atomic E-state index is -0.500. The summed E-state index contributed by atoms with van der Waals surface area (Å²) in [5.41, 5.74) is 2.26. The molecule has 3 amide bonds. The Morgan fingerprint density at radius 2 is 1.89 bits per heavy atom. The summed E-state index contributed by atoms with van der Waals surface area (Å²) in [6.45, 7) is 13.1. The molecule has 0 saturated heterocycles. The van der Waals surface area contributed by atoms with Crippen molar-refractivity contribution in [3.8, 4) is 11.4 Å². The molecule has 1 aromatic heterocycles. The molecule has 0 aliphatic rings. The number of thioether (sulfide) groups is 1. The lowest BCUT2D eigenvalue weighted by Gasteiger charge is -2.19. The van der Waals surface area contributed by atoms with Gasteiger partial charge in [-0.25, -0.2) is 4.79 Å². The Hall–Kier alpha value is -2.61. The third-order valence-corrected chi connectivity index (χ3v) is 4.93. The van der Waals surface area contributed by atoms with Gasteiger partial charge >= 0.3 is 6.03 Å². The van der Waals surface area contributed by atoms with Gasteiger partial charge in [0.25, 0.3) is 0 Å². The Balaban J connectivity index is 2.16. The van der Waals surface area contributed by atoms with Crippen LogP contribution < -0.4 is 10.6 Å². The molecule has 0 aliphatic heterocycles. The standard InChI is InChI=1S/C20H27N5O2S/c1-6-12-25-17(14-8-10-15(11-9-14)20(3,4)5)23-24-19(25)28-13-16(26)22-18(27)21-7-2/h6,8-11H,1,7,12-13H2,2-5H3,(H2,21,22,26,27). The number of nitrogens with zero attached hydrogens (tertiary/aromatic N) is 3. The quantitative estimate of drug-likeness (QED) is 0.548. The van der Waals surface area contributed by atoms with Crippen molar-refractivity contribution in [3.63, 3.8) is 0 Å². The van der Waals surface area contributed by atoms with Gasteiger partial charge in [-0.3, -0.25) is 14.7 Å². The van der Waals surface area contributed by atoms with Crippen LogP contribution in [0.4, 0.5) is 4.79 Å². The molecular weight excluding hydrogens is 374 g/mol. The van der Waals surface area contributed by atoms with Gasteiger partial charge in [-0.1, -0.05) is 62.9 Å². The zero-order valence-electron chi connectivity index (χ0n) is 16.8. The van der Waals surface area contributed by atoms with Crippen molar-refractivity contribution < 1.29 is 9.59 Å². The maximum atomic E-state index is 11.9. The van der Waals surface area contributed by atoms with Crippen molar-refractivity contribution in [2.75, 3.05) is 12.3 Å². The van der Waals surface area contributed by atoms with Gasteiger partial charge in [-0.2, -0.15) is 0 Å². The number of aromatic nitrogens is 3. The minimum absolute atomic E-state index is 0.0649. The van der Waals surface area contributed by atoms with Crippen LogP contribution in [-0.2, 0) is 16.8 Å². The zero-order valence-corrected chi connectivity index (χ0v) is 17.6. The molecule has 0 unspecified atom stereocenters. The minimum Gasteiger partial charge on any atom is -0.338 e. The van der Waals surface area contributed by atoms with Crippen LogP contribution in [0.1, 0.15) is 33.3 Å². The second-order valence-electron chi connectivity index (χ2n) is 7.23. The van der Waals surface area contributed by atoms with E-state index in [4.69, 9.17) is 0 Å². The van der Waals surface area contributed by atoms with Gasteiger partial charge in [0, 0.05) is 18.7 Å². The second-order valence-corrected chi connectivity index (χ2v) is 8.17. The summed E-state index contributed by atoms with van der Waals surface area (Å²) in [6.07, 6.45) is 1.76. The topological polar surface area (TPSA) is 88.9 Å². The summed E-state index contributed by atoms with van der Waals surface area (Å²) in [5, 5.41) is 13.9. The van der Waals surface area contributed by atoms with Crippen molar-refractivity contribution in [1.29, 1.82) is 0 Å². The van der Waals surface area contributed by atoms with Gasteiger partial charge in [-0.15, -0.1) is 16.8 Å². The van der Waals surface area contributed by atoms with Crippen LogP contribution in [0.15, 0.2) is 42.1 Å². The maximum Gasteiger partial charge on any atom is 0.321 e. The number of benzene rings is 1. The smallest absolute Gasteiger partial charge is 0.321 e. The fourth-order valence-electron chi connectivity index (χ4n) is 2.52. The largest absolute Gasteiger partial charge is 0.338 e. The molecule has 0 bridgehead atoms. The van der Waals surface area contributed by atoms with Crippen molar-refractivity contribution in [1.82, 2.24) is 25.4 Å². The van der Waals surface area contributed by atoms with Crippen molar-refractivity contribution in [2.24, 2.45) is 0 Å². The van der Waals surface area contributed by atoms with E-state index in [-0.39, 0.29) is 17.1 Å². The number of rotatable bonds is 7. The Morgan fingerprint density at radius 1 is 1.21 bits per heavy atom. The van der Waals surface area contributed by atoms with E-state index in [2.05, 4.69) is 60.3 Å². The Labute approximate surface area is 170 Å². The first-order valence-corrected chi connectivity index (χ1v) is 10.1. The van der Waals surface area contributed by atoms with Crippen LogP contribution in [0, 0.1) is 0 Å². The van der Waals surface area contributed by atoms with Crippen LogP contribution in [-0.4, -0.2) is 39.0 Å². The predicted octanol–water partition coefficient (Wildman–Crippen LogP) is 3.37. The molecule has 28 heavy (non-hydrogen) atoms. The number of amides is 3. The van der Waals surface area contributed by atoms with E-state index in [0.717, 1.165) is 5.56 Å². The first-order chi connectivity index (χ1) is 13.3. The number of carbonyl (C=O) groups excluding carboxylic acids is 2. The van der Waals surface area contributed by atoms with E-state index in [1.54, 1.807) is 13.0 Å². The zero-order chi connectivity index (χ0) is 20.7. The monoisotopic (exact) mass is 401 g/mol. The molecule has 2 aromatic rings. The summed E-state index contributed by atoms with van der Waals surface area (Å²) in [4.78, 5) is 23.3. The maximum absolute atomic E-state index is 11.9. The average Bonchev–Trinajstić information content (AvgIpc) is 3.02. The molecule has 0 spiro atoms. The van der Waals surface area contributed by atoms with E-state index in [9.17, 15) is 9.59 Å². The molecule has 1 heterocycles. The lowest BCUT2D eigenvalue weighted by molar-refractivity contribution is -0.117. The van der Waals surface area contributed by atoms with Gasteiger partial charge in [0.1, 0.15) is 0 Å². The molecule has 0 radical (unpaired) electrons. The molecule has 150 valence electrons. The highest BCUT2D eigenvalue weighted by atomic mass is 32.2. The number of urea groups is 1. The molecule has 0 atom stereocenters. The number of hydrogen-bond acceptors (Lipinski definition) is 5. The molecular formula is C20H27N5O2S. The number of nitrogens with one attached hydrogen (secondary N) is 2. The highest BCUT2D eigenvalue weighted by Crippen LogP contribution is 2.27. The lowest BCUT2D eigenvalue weighted by atomic mass is 9.87. The molecule has 2 rings (SSSR count). The first kappa shape index (κ1) is 21.7. The summed E-state index contributed by atoms with van der Waals surface area (Å²) in [6, 6.07) is 7.74. The fraction of sp³-hybridized carbons (Fsp3) is 0.400. The Bertz CT molecular complexity index is 837. The first-order valence-electron chi connectivity index (χ1n) is 9.11. The molecule has 1 aromatic carbocycles. The van der Waals surface area contributed by atoms with E-state index < -0.39 is 6.03 Å². The molecule has 7 nitrogen and oxygen atoms in total. The van der Waals surface area contributed by atoms with E-state index >= 15 is 0 Å². The SMILES string of the molecule is C=CCn1c(SCC(=O)NC(=O)NCC)nnc1-c1ccc(C(C)(C)C)cc1. The number of allylic oxidation sites excluding steroid dienone is 1. The van der Waals surface area contributed by atoms with Crippen LogP contribution in [0.5, 0.6) is 0 Å². The number of carbonyl (C=O) groups is 2. The highest BCUT2D eigenvalue weighted by Gasteiger charge is 2.17. The summed E-state index contributed by atoms with van der Waals surface area (Å²) in [7, 11) is 0. The van der Waals surface area contributed by atoms with E-state index in [0.29, 0.717) is 24.1 Å². The average molecular weight is 402 g/mol. The fourth-order valence-corrected chi connectivity index (χ4v) is 3.27. The molecule has 0 fully saturated rings. The molecule has 0 saturated carbocycles. The van der Waals surface area contributed by atoms with Crippen molar-refractivity contribution >= 4 is 23.7 Å². The summed E-state index contributed by atoms with van der Waals surface area (Å²) in [5.74, 6) is 0.391. The van der Waals surface area contributed by atoms with Crippen LogP contribution in [0.2, 0.25) is 0 Å². The number of imide groups is 1. The van der Waals surface area contributed by atoms with E-state index in [1.165, 1.54) is 17.3 Å². The molecule has 2 N–H and O–H groups in total. The van der Waals surface area contributed by atoms with Crippen LogP contribution >= 0.6 is 11.8 Å². The Kier molecular flexibility index (Phi) is 7.39. The normalized spacial score (nSPS) is 11.1. The predicted molar refractivity (Wildman–Crippen MR) is 112 cm³/mol. The van der Waals surface area contributed by atoms with Gasteiger partial charge in [0.15, 0.2) is 11.0 Å². The summed E-state index contributed by atoms with van der Waals surface area (Å²) < 4.78 is 1.91.